The van der Waals surface area contributed by atoms with Crippen LogP contribution < -0.4 is 4.74 Å². The number of nitro benzene ring substituents is 1. The van der Waals surface area contributed by atoms with E-state index in [1.165, 1.54) is 7.11 Å². The normalized spacial score (nSPS) is 19.3. The van der Waals surface area contributed by atoms with Crippen LogP contribution in [0, 0.1) is 10.1 Å². The third kappa shape index (κ3) is 3.27. The zero-order valence-electron chi connectivity index (χ0n) is 12.3. The van der Waals surface area contributed by atoms with E-state index < -0.39 is 27.0 Å². The summed E-state index contributed by atoms with van der Waals surface area (Å²) < 4.78 is 31.2. The average Bonchev–Trinajstić information content (AvgIpc) is 2.53. The van der Waals surface area contributed by atoms with Crippen LogP contribution in [-0.2, 0) is 14.8 Å². The number of carboxylic acid groups (broad SMARTS) is 1. The number of nitrogens with zero attached hydrogens (tertiary/aromatic N) is 2. The molecule has 9 nitrogen and oxygen atoms in total. The molecule has 2 rings (SSSR count). The molecule has 126 valence electrons. The van der Waals surface area contributed by atoms with Gasteiger partial charge in [-0.1, -0.05) is 0 Å². The number of nitro groups is 1. The van der Waals surface area contributed by atoms with Gasteiger partial charge in [0, 0.05) is 18.7 Å². The van der Waals surface area contributed by atoms with Crippen LogP contribution in [0.1, 0.15) is 19.3 Å². The van der Waals surface area contributed by atoms with Gasteiger partial charge in [-0.05, 0) is 25.3 Å². The largest absolute Gasteiger partial charge is 0.490 e. The fourth-order valence-electron chi connectivity index (χ4n) is 2.54. The highest BCUT2D eigenvalue weighted by Crippen LogP contribution is 2.32. The Morgan fingerprint density at radius 3 is 2.70 bits per heavy atom. The van der Waals surface area contributed by atoms with Crippen LogP contribution in [0.15, 0.2) is 23.1 Å². The Morgan fingerprint density at radius 2 is 2.13 bits per heavy atom. The molecule has 23 heavy (non-hydrogen) atoms. The third-order valence-electron chi connectivity index (χ3n) is 3.69. The molecule has 10 heteroatoms. The second kappa shape index (κ2) is 6.50. The highest BCUT2D eigenvalue weighted by Gasteiger charge is 2.38. The summed E-state index contributed by atoms with van der Waals surface area (Å²) in [4.78, 5) is 21.2. The molecule has 0 radical (unpaired) electrons. The van der Waals surface area contributed by atoms with E-state index in [1.54, 1.807) is 0 Å². The van der Waals surface area contributed by atoms with Gasteiger partial charge in [-0.15, -0.1) is 0 Å². The van der Waals surface area contributed by atoms with Crippen molar-refractivity contribution in [2.24, 2.45) is 0 Å². The van der Waals surface area contributed by atoms with Crippen LogP contribution in [0.2, 0.25) is 0 Å². The van der Waals surface area contributed by atoms with E-state index in [4.69, 9.17) is 4.74 Å². The number of carboxylic acids is 1. The molecule has 1 aromatic rings. The third-order valence-corrected chi connectivity index (χ3v) is 5.60. The number of benzene rings is 1. The van der Waals surface area contributed by atoms with Gasteiger partial charge in [-0.2, -0.15) is 4.31 Å². The summed E-state index contributed by atoms with van der Waals surface area (Å²) in [6.07, 6.45) is 1.43. The van der Waals surface area contributed by atoms with E-state index in [0.717, 1.165) is 22.5 Å². The molecule has 1 aliphatic heterocycles. The predicted molar refractivity (Wildman–Crippen MR) is 78.8 cm³/mol. The number of methoxy groups -OCH3 is 1. The van der Waals surface area contributed by atoms with Crippen molar-refractivity contribution in [2.45, 2.75) is 30.2 Å². The second-order valence-electron chi connectivity index (χ2n) is 5.06. The smallest absolute Gasteiger partial charge is 0.322 e. The lowest BCUT2D eigenvalue weighted by molar-refractivity contribution is -0.385. The summed E-state index contributed by atoms with van der Waals surface area (Å²) >= 11 is 0. The van der Waals surface area contributed by atoms with Crippen molar-refractivity contribution in [2.75, 3.05) is 13.7 Å². The number of aliphatic carboxylic acids is 1. The Morgan fingerprint density at radius 1 is 1.43 bits per heavy atom. The number of hydrogen-bond acceptors (Lipinski definition) is 6. The topological polar surface area (TPSA) is 127 Å². The quantitative estimate of drug-likeness (QED) is 0.628. The molecule has 1 heterocycles. The van der Waals surface area contributed by atoms with Crippen molar-refractivity contribution in [3.63, 3.8) is 0 Å². The minimum Gasteiger partial charge on any atom is -0.490 e. The van der Waals surface area contributed by atoms with Crippen LogP contribution in [0.5, 0.6) is 5.75 Å². The Kier molecular flexibility index (Phi) is 4.85. The molecular formula is C13H16N2O7S. The molecule has 0 amide bonds. The monoisotopic (exact) mass is 344 g/mol. The molecule has 1 fully saturated rings. The lowest BCUT2D eigenvalue weighted by Crippen LogP contribution is -2.47. The number of hydrogen-bond donors (Lipinski definition) is 1. The van der Waals surface area contributed by atoms with Crippen LogP contribution >= 0.6 is 0 Å². The minimum atomic E-state index is -4.08. The van der Waals surface area contributed by atoms with E-state index in [0.29, 0.717) is 12.8 Å². The van der Waals surface area contributed by atoms with Crippen LogP contribution in [0.3, 0.4) is 0 Å². The first-order valence-corrected chi connectivity index (χ1v) is 8.30. The van der Waals surface area contributed by atoms with Gasteiger partial charge in [0.2, 0.25) is 10.0 Å². The van der Waals surface area contributed by atoms with Crippen molar-refractivity contribution in [1.82, 2.24) is 4.31 Å². The zero-order chi connectivity index (χ0) is 17.2. The SMILES string of the molecule is COc1cc(S(=O)(=O)N2CCCCC2C(=O)O)ccc1[N+](=O)[O-]. The lowest BCUT2D eigenvalue weighted by Gasteiger charge is -2.31. The maximum absolute atomic E-state index is 12.7. The highest BCUT2D eigenvalue weighted by molar-refractivity contribution is 7.89. The van der Waals surface area contributed by atoms with Gasteiger partial charge in [0.05, 0.1) is 16.9 Å². The maximum atomic E-state index is 12.7. The van der Waals surface area contributed by atoms with Crippen molar-refractivity contribution in [1.29, 1.82) is 0 Å². The number of ether oxygens (including phenoxy) is 1. The lowest BCUT2D eigenvalue weighted by atomic mass is 10.1. The molecule has 0 aliphatic carbocycles. The Balaban J connectivity index is 2.46. The van der Waals surface area contributed by atoms with E-state index >= 15 is 0 Å². The number of carbonyl (C=O) groups is 1. The molecular weight excluding hydrogens is 328 g/mol. The van der Waals surface area contributed by atoms with Gasteiger partial charge in [-0.3, -0.25) is 14.9 Å². The van der Waals surface area contributed by atoms with E-state index in [2.05, 4.69) is 0 Å². The second-order valence-corrected chi connectivity index (χ2v) is 6.95. The summed E-state index contributed by atoms with van der Waals surface area (Å²) in [5, 5.41) is 20.1. The van der Waals surface area contributed by atoms with E-state index in [9.17, 15) is 28.4 Å². The first-order chi connectivity index (χ1) is 10.8. The van der Waals surface area contributed by atoms with Gasteiger partial charge < -0.3 is 9.84 Å². The molecule has 0 saturated carbocycles. The summed E-state index contributed by atoms with van der Waals surface area (Å²) in [7, 11) is -2.89. The van der Waals surface area contributed by atoms with Crippen molar-refractivity contribution in [3.05, 3.63) is 28.3 Å². The molecule has 1 aliphatic rings. The number of sulfonamides is 1. The zero-order valence-corrected chi connectivity index (χ0v) is 13.2. The molecule has 0 bridgehead atoms. The fourth-order valence-corrected chi connectivity index (χ4v) is 4.21. The summed E-state index contributed by atoms with van der Waals surface area (Å²) in [5.41, 5.74) is -0.361. The van der Waals surface area contributed by atoms with Crippen molar-refractivity contribution >= 4 is 21.7 Å². The first kappa shape index (κ1) is 17.2. The number of rotatable bonds is 5. The molecule has 1 unspecified atom stereocenters. The Labute approximate surface area is 132 Å². The maximum Gasteiger partial charge on any atom is 0.322 e. The molecule has 0 spiro atoms. The minimum absolute atomic E-state index is 0.0958. The summed E-state index contributed by atoms with van der Waals surface area (Å²) in [6.45, 7) is 0.0958. The summed E-state index contributed by atoms with van der Waals surface area (Å²) in [5.74, 6) is -1.40. The standard InChI is InChI=1S/C13H16N2O7S/c1-22-12-8-9(5-6-10(12)15(18)19)23(20,21)14-7-3-2-4-11(14)13(16)17/h5-6,8,11H,2-4,7H2,1H3,(H,16,17). The van der Waals surface area contributed by atoms with Gasteiger partial charge in [0.25, 0.3) is 0 Å². The molecule has 0 aromatic heterocycles. The Hall–Kier alpha value is -2.20. The Bertz CT molecular complexity index is 732. The molecule has 1 saturated heterocycles. The van der Waals surface area contributed by atoms with E-state index in [1.807, 2.05) is 0 Å². The van der Waals surface area contributed by atoms with Crippen molar-refractivity contribution in [3.8, 4) is 5.75 Å². The predicted octanol–water partition coefficient (Wildman–Crippen LogP) is 1.23. The van der Waals surface area contributed by atoms with Crippen LogP contribution in [0.25, 0.3) is 0 Å². The van der Waals surface area contributed by atoms with Gasteiger partial charge in [-0.25, -0.2) is 8.42 Å². The fraction of sp³-hybridized carbons (Fsp3) is 0.462. The summed E-state index contributed by atoms with van der Waals surface area (Å²) in [6, 6.07) is 2.03. The van der Waals surface area contributed by atoms with Crippen molar-refractivity contribution < 1.29 is 28.0 Å². The first-order valence-electron chi connectivity index (χ1n) is 6.86. The van der Waals surface area contributed by atoms with Gasteiger partial charge in [0.1, 0.15) is 6.04 Å². The van der Waals surface area contributed by atoms with Crippen LogP contribution in [0.4, 0.5) is 5.69 Å². The average molecular weight is 344 g/mol. The highest BCUT2D eigenvalue weighted by atomic mass is 32.2. The van der Waals surface area contributed by atoms with Gasteiger partial charge >= 0.3 is 11.7 Å². The molecule has 1 aromatic carbocycles. The van der Waals surface area contributed by atoms with Gasteiger partial charge in [0.15, 0.2) is 5.75 Å². The molecule has 1 N–H and O–H groups in total. The van der Waals surface area contributed by atoms with Crippen LogP contribution in [-0.4, -0.2) is 48.4 Å². The van der Waals surface area contributed by atoms with E-state index in [-0.39, 0.29) is 29.3 Å². The molecule has 1 atom stereocenters. The number of piperidine rings is 1.